The number of likely N-dealkylation sites (tertiary alicyclic amines) is 1. The van der Waals surface area contributed by atoms with Crippen molar-refractivity contribution in [3.8, 4) is 0 Å². The predicted molar refractivity (Wildman–Crippen MR) is 123 cm³/mol. The molecule has 2 aliphatic rings. The van der Waals surface area contributed by atoms with Crippen molar-refractivity contribution < 1.29 is 4.79 Å². The van der Waals surface area contributed by atoms with E-state index in [1.54, 1.807) is 7.05 Å². The van der Waals surface area contributed by atoms with E-state index in [1.165, 1.54) is 24.8 Å². The lowest BCUT2D eigenvalue weighted by molar-refractivity contribution is -0.135. The molecule has 1 aromatic rings. The molecule has 158 valence electrons. The molecule has 0 radical (unpaired) electrons. The molecule has 3 rings (SSSR count). The molecule has 1 saturated heterocycles. The summed E-state index contributed by atoms with van der Waals surface area (Å²) in [6.45, 7) is 2.53. The Bertz CT molecular complexity index is 640. The maximum atomic E-state index is 12.7. The quantitative estimate of drug-likeness (QED) is 0.271. The number of aliphatic imine (C=N–C) groups is 1. The summed E-state index contributed by atoms with van der Waals surface area (Å²) in [7, 11) is 3.74. The Hall–Kier alpha value is -1.32. The van der Waals surface area contributed by atoms with Crippen LogP contribution in [0.2, 0.25) is 0 Å². The maximum absolute atomic E-state index is 12.7. The summed E-state index contributed by atoms with van der Waals surface area (Å²) in [6, 6.07) is 0.294. The number of carbonyl (C=O) groups is 1. The van der Waals surface area contributed by atoms with E-state index in [0.29, 0.717) is 11.9 Å². The van der Waals surface area contributed by atoms with Crippen molar-refractivity contribution in [2.75, 3.05) is 26.7 Å². The molecule has 0 aromatic carbocycles. The van der Waals surface area contributed by atoms with Crippen LogP contribution in [-0.4, -0.2) is 59.3 Å². The van der Waals surface area contributed by atoms with E-state index in [-0.39, 0.29) is 29.9 Å². The molecule has 2 heterocycles. The average molecular weight is 502 g/mol. The van der Waals surface area contributed by atoms with Gasteiger partial charge in [0.05, 0.1) is 6.20 Å². The highest BCUT2D eigenvalue weighted by Gasteiger charge is 2.31. The summed E-state index contributed by atoms with van der Waals surface area (Å²) >= 11 is 0. The molecule has 8 heteroatoms. The van der Waals surface area contributed by atoms with Gasteiger partial charge in [0.25, 0.3) is 0 Å². The summed E-state index contributed by atoms with van der Waals surface area (Å²) < 4.78 is 1.84. The highest BCUT2D eigenvalue weighted by Crippen LogP contribution is 2.26. The van der Waals surface area contributed by atoms with Crippen LogP contribution in [0.25, 0.3) is 0 Å². The minimum Gasteiger partial charge on any atom is -0.356 e. The molecule has 1 unspecified atom stereocenters. The van der Waals surface area contributed by atoms with E-state index in [4.69, 9.17) is 0 Å². The minimum atomic E-state index is 0. The third-order valence-electron chi connectivity index (χ3n) is 5.71. The van der Waals surface area contributed by atoms with Crippen LogP contribution in [0.3, 0.4) is 0 Å². The van der Waals surface area contributed by atoms with Crippen LogP contribution in [0, 0.1) is 5.92 Å². The largest absolute Gasteiger partial charge is 0.356 e. The van der Waals surface area contributed by atoms with E-state index in [9.17, 15) is 4.79 Å². The zero-order valence-corrected chi connectivity index (χ0v) is 19.5. The van der Waals surface area contributed by atoms with Gasteiger partial charge in [-0.3, -0.25) is 14.5 Å². The second kappa shape index (κ2) is 11.6. The molecule has 1 aliphatic carbocycles. The van der Waals surface area contributed by atoms with Crippen molar-refractivity contribution in [1.29, 1.82) is 0 Å². The topological polar surface area (TPSA) is 74.6 Å². The summed E-state index contributed by atoms with van der Waals surface area (Å²) in [4.78, 5) is 19.1. The van der Waals surface area contributed by atoms with Crippen molar-refractivity contribution in [2.45, 2.75) is 57.4 Å². The molecule has 1 aromatic heterocycles. The van der Waals surface area contributed by atoms with E-state index < -0.39 is 0 Å². The van der Waals surface area contributed by atoms with Crippen LogP contribution < -0.4 is 10.6 Å². The summed E-state index contributed by atoms with van der Waals surface area (Å²) in [5, 5.41) is 11.1. The number of hydrogen-bond acceptors (Lipinski definition) is 3. The SMILES string of the molecule is CN=C(NCCCc1cnn(C)c1)NC1CCN(C(=O)C2CCCCC2)C1.I. The van der Waals surface area contributed by atoms with Crippen LogP contribution in [0.4, 0.5) is 0 Å². The normalized spacial score (nSPS) is 20.7. The molecule has 28 heavy (non-hydrogen) atoms. The third kappa shape index (κ3) is 6.63. The number of nitrogens with zero attached hydrogens (tertiary/aromatic N) is 4. The monoisotopic (exact) mass is 502 g/mol. The van der Waals surface area contributed by atoms with Crippen LogP contribution >= 0.6 is 24.0 Å². The lowest BCUT2D eigenvalue weighted by atomic mass is 9.88. The van der Waals surface area contributed by atoms with Gasteiger partial charge in [-0.2, -0.15) is 5.10 Å². The van der Waals surface area contributed by atoms with Gasteiger partial charge in [0.1, 0.15) is 0 Å². The zero-order valence-electron chi connectivity index (χ0n) is 17.2. The molecule has 1 aliphatic heterocycles. The van der Waals surface area contributed by atoms with Gasteiger partial charge in [-0.25, -0.2) is 0 Å². The first kappa shape index (κ1) is 23.0. The van der Waals surface area contributed by atoms with Crippen molar-refractivity contribution in [1.82, 2.24) is 25.3 Å². The Balaban J connectivity index is 0.00000280. The van der Waals surface area contributed by atoms with E-state index in [1.807, 2.05) is 17.9 Å². The van der Waals surface area contributed by atoms with Crippen LogP contribution in [0.15, 0.2) is 17.4 Å². The Morgan fingerprint density at radius 1 is 1.29 bits per heavy atom. The molecule has 1 saturated carbocycles. The number of aryl methyl sites for hydroxylation is 2. The van der Waals surface area contributed by atoms with Gasteiger partial charge in [0, 0.05) is 51.9 Å². The average Bonchev–Trinajstić information content (AvgIpc) is 3.33. The van der Waals surface area contributed by atoms with Gasteiger partial charge >= 0.3 is 0 Å². The molecule has 7 nitrogen and oxygen atoms in total. The summed E-state index contributed by atoms with van der Waals surface area (Å²) in [6.07, 6.45) is 12.9. The highest BCUT2D eigenvalue weighted by molar-refractivity contribution is 14.0. The van der Waals surface area contributed by atoms with Crippen molar-refractivity contribution >= 4 is 35.8 Å². The summed E-state index contributed by atoms with van der Waals surface area (Å²) in [5.41, 5.74) is 1.26. The van der Waals surface area contributed by atoms with E-state index in [0.717, 1.165) is 57.7 Å². The number of halogens is 1. The molecule has 1 amide bonds. The second-order valence-corrected chi connectivity index (χ2v) is 7.87. The van der Waals surface area contributed by atoms with E-state index >= 15 is 0 Å². The zero-order chi connectivity index (χ0) is 19.1. The number of carbonyl (C=O) groups excluding carboxylic acids is 1. The molecule has 2 fully saturated rings. The molecule has 1 atom stereocenters. The van der Waals surface area contributed by atoms with Gasteiger partial charge in [-0.1, -0.05) is 19.3 Å². The Morgan fingerprint density at radius 2 is 2.07 bits per heavy atom. The number of rotatable bonds is 6. The van der Waals surface area contributed by atoms with Gasteiger partial charge in [-0.15, -0.1) is 24.0 Å². The maximum Gasteiger partial charge on any atom is 0.225 e. The Morgan fingerprint density at radius 3 is 2.75 bits per heavy atom. The lowest BCUT2D eigenvalue weighted by Gasteiger charge is -2.26. The fraction of sp³-hybridized carbons (Fsp3) is 0.750. The smallest absolute Gasteiger partial charge is 0.225 e. The van der Waals surface area contributed by atoms with Crippen LogP contribution in [0.5, 0.6) is 0 Å². The van der Waals surface area contributed by atoms with Gasteiger partial charge in [-0.05, 0) is 37.7 Å². The third-order valence-corrected chi connectivity index (χ3v) is 5.71. The molecule has 0 spiro atoms. The highest BCUT2D eigenvalue weighted by atomic mass is 127. The van der Waals surface area contributed by atoms with Gasteiger partial charge in [0.2, 0.25) is 5.91 Å². The predicted octanol–water partition coefficient (Wildman–Crippen LogP) is 2.32. The molecule has 2 N–H and O–H groups in total. The van der Waals surface area contributed by atoms with Crippen LogP contribution in [0.1, 0.15) is 50.5 Å². The number of amides is 1. The van der Waals surface area contributed by atoms with Crippen molar-refractivity contribution in [2.24, 2.45) is 18.0 Å². The standard InChI is InChI=1S/C20H34N6O.HI/c1-21-20(22-11-6-7-16-13-23-25(2)14-16)24-18-10-12-26(15-18)19(27)17-8-4-3-5-9-17;/h13-14,17-18H,3-12,15H2,1-2H3,(H2,21,22,24);1H. The first-order chi connectivity index (χ1) is 13.2. The Kier molecular flexibility index (Phi) is 9.53. The van der Waals surface area contributed by atoms with Gasteiger partial charge < -0.3 is 15.5 Å². The fourth-order valence-corrected chi connectivity index (χ4v) is 4.17. The number of guanidine groups is 1. The van der Waals surface area contributed by atoms with Gasteiger partial charge in [0.15, 0.2) is 5.96 Å². The number of aromatic nitrogens is 2. The van der Waals surface area contributed by atoms with Crippen molar-refractivity contribution in [3.63, 3.8) is 0 Å². The molecule has 0 bridgehead atoms. The fourth-order valence-electron chi connectivity index (χ4n) is 4.17. The summed E-state index contributed by atoms with van der Waals surface area (Å²) in [5.74, 6) is 1.47. The molecular weight excluding hydrogens is 467 g/mol. The number of nitrogens with one attached hydrogen (secondary N) is 2. The molecular formula is C20H35IN6O. The minimum absolute atomic E-state index is 0. The van der Waals surface area contributed by atoms with Crippen molar-refractivity contribution in [3.05, 3.63) is 18.0 Å². The Labute approximate surface area is 185 Å². The first-order valence-corrected chi connectivity index (χ1v) is 10.4. The van der Waals surface area contributed by atoms with Crippen LogP contribution in [-0.2, 0) is 18.3 Å². The first-order valence-electron chi connectivity index (χ1n) is 10.4. The number of hydrogen-bond donors (Lipinski definition) is 2. The lowest BCUT2D eigenvalue weighted by Crippen LogP contribution is -2.45. The second-order valence-electron chi connectivity index (χ2n) is 7.87. The van der Waals surface area contributed by atoms with E-state index in [2.05, 4.69) is 31.8 Å².